The average Bonchev–Trinajstić information content (AvgIpc) is 1.82. The zero-order valence-electron chi connectivity index (χ0n) is 7.71. The van der Waals surface area contributed by atoms with Crippen molar-refractivity contribution in [3.05, 3.63) is 12.2 Å². The summed E-state index contributed by atoms with van der Waals surface area (Å²) >= 11 is 0. The van der Waals surface area contributed by atoms with Gasteiger partial charge in [0.25, 0.3) is 0 Å². The molecule has 0 radical (unpaired) electrons. The third kappa shape index (κ3) is 1.75. The van der Waals surface area contributed by atoms with Crippen LogP contribution in [0.2, 0.25) is 0 Å². The third-order valence-electron chi connectivity index (χ3n) is 2.46. The van der Waals surface area contributed by atoms with E-state index < -0.39 is 6.10 Å². The summed E-state index contributed by atoms with van der Waals surface area (Å²) in [7, 11) is 0. The maximum absolute atomic E-state index is 11.4. The molecule has 0 aromatic heterocycles. The minimum Gasteiger partial charge on any atom is -0.392 e. The molecule has 1 fully saturated rings. The summed E-state index contributed by atoms with van der Waals surface area (Å²) < 4.78 is 0. The number of hydrogen-bond acceptors (Lipinski definition) is 2. The Balaban J connectivity index is 2.73. The van der Waals surface area contributed by atoms with Crippen LogP contribution in [-0.2, 0) is 4.79 Å². The minimum absolute atomic E-state index is 0.147. The summed E-state index contributed by atoms with van der Waals surface area (Å²) in [5.74, 6) is 0.165. The lowest BCUT2D eigenvalue weighted by molar-refractivity contribution is -0.129. The molecule has 68 valence electrons. The van der Waals surface area contributed by atoms with Gasteiger partial charge >= 0.3 is 0 Å². The van der Waals surface area contributed by atoms with Gasteiger partial charge in [-0.25, -0.2) is 0 Å². The van der Waals surface area contributed by atoms with E-state index in [9.17, 15) is 9.90 Å². The molecule has 0 aromatic rings. The predicted molar refractivity (Wildman–Crippen MR) is 47.7 cm³/mol. The van der Waals surface area contributed by atoms with Crippen molar-refractivity contribution in [2.75, 3.05) is 0 Å². The van der Waals surface area contributed by atoms with Crippen molar-refractivity contribution in [1.29, 1.82) is 0 Å². The molecular formula is C10H16O2. The van der Waals surface area contributed by atoms with Crippen LogP contribution in [0.4, 0.5) is 0 Å². The fraction of sp³-hybridized carbons (Fsp3) is 0.700. The highest BCUT2D eigenvalue weighted by Gasteiger charge is 2.33. The number of rotatable bonds is 1. The summed E-state index contributed by atoms with van der Waals surface area (Å²) in [6, 6.07) is 0. The van der Waals surface area contributed by atoms with Gasteiger partial charge in [0, 0.05) is 6.42 Å². The molecule has 0 bridgehead atoms. The zero-order valence-corrected chi connectivity index (χ0v) is 7.71. The summed E-state index contributed by atoms with van der Waals surface area (Å²) in [4.78, 5) is 11.4. The van der Waals surface area contributed by atoms with Crippen LogP contribution < -0.4 is 0 Å². The summed E-state index contributed by atoms with van der Waals surface area (Å²) in [5.41, 5.74) is 0.791. The maximum atomic E-state index is 11.4. The first kappa shape index (κ1) is 9.46. The van der Waals surface area contributed by atoms with E-state index in [0.29, 0.717) is 12.3 Å². The van der Waals surface area contributed by atoms with Crippen LogP contribution in [0.25, 0.3) is 0 Å². The second kappa shape index (κ2) is 3.40. The summed E-state index contributed by atoms with van der Waals surface area (Å²) in [5, 5.41) is 9.60. The highest BCUT2D eigenvalue weighted by atomic mass is 16.3. The fourth-order valence-electron chi connectivity index (χ4n) is 1.92. The predicted octanol–water partition coefficient (Wildman–Crippen LogP) is 1.54. The van der Waals surface area contributed by atoms with Gasteiger partial charge in [0.05, 0.1) is 12.0 Å². The monoisotopic (exact) mass is 168 g/mol. The number of carbonyl (C=O) groups is 1. The molecule has 3 atom stereocenters. The van der Waals surface area contributed by atoms with Gasteiger partial charge in [-0.1, -0.05) is 19.1 Å². The number of hydrogen-bond donors (Lipinski definition) is 1. The molecule has 0 saturated heterocycles. The van der Waals surface area contributed by atoms with E-state index in [2.05, 4.69) is 6.58 Å². The van der Waals surface area contributed by atoms with E-state index in [1.165, 1.54) is 0 Å². The quantitative estimate of drug-likeness (QED) is 0.603. The standard InChI is InChI=1S/C10H16O2/c1-6(2)10-8(11)4-7(3)5-9(10)12/h7-8,10-11H,1,4-5H2,2-3H3/t7-,8?,10?/m1/s1. The molecule has 0 heterocycles. The second-order valence-electron chi connectivity index (χ2n) is 3.90. The van der Waals surface area contributed by atoms with Gasteiger partial charge in [-0.15, -0.1) is 0 Å². The molecule has 2 nitrogen and oxygen atoms in total. The minimum atomic E-state index is -0.501. The van der Waals surface area contributed by atoms with Crippen LogP contribution in [0.5, 0.6) is 0 Å². The second-order valence-corrected chi connectivity index (χ2v) is 3.90. The van der Waals surface area contributed by atoms with Crippen LogP contribution in [0.3, 0.4) is 0 Å². The molecule has 12 heavy (non-hydrogen) atoms. The molecule has 1 aliphatic carbocycles. The maximum Gasteiger partial charge on any atom is 0.142 e. The highest BCUT2D eigenvalue weighted by molar-refractivity contribution is 5.85. The molecule has 2 heteroatoms. The molecule has 1 saturated carbocycles. The smallest absolute Gasteiger partial charge is 0.142 e. The van der Waals surface area contributed by atoms with E-state index in [-0.39, 0.29) is 11.7 Å². The van der Waals surface area contributed by atoms with Gasteiger partial charge in [-0.2, -0.15) is 0 Å². The topological polar surface area (TPSA) is 37.3 Å². The Morgan fingerprint density at radius 1 is 1.67 bits per heavy atom. The van der Waals surface area contributed by atoms with E-state index in [1.807, 2.05) is 13.8 Å². The van der Waals surface area contributed by atoms with E-state index in [4.69, 9.17) is 0 Å². The van der Waals surface area contributed by atoms with Gasteiger partial charge < -0.3 is 5.11 Å². The number of Topliss-reactive ketones (excluding diaryl/α,β-unsaturated/α-hetero) is 1. The number of aliphatic hydroxyl groups is 1. The van der Waals surface area contributed by atoms with E-state index >= 15 is 0 Å². The highest BCUT2D eigenvalue weighted by Crippen LogP contribution is 2.29. The number of aliphatic hydroxyl groups excluding tert-OH is 1. The Morgan fingerprint density at radius 2 is 2.25 bits per heavy atom. The normalized spacial score (nSPS) is 36.6. The van der Waals surface area contributed by atoms with Crippen molar-refractivity contribution in [3.63, 3.8) is 0 Å². The van der Waals surface area contributed by atoms with Gasteiger partial charge in [0.2, 0.25) is 0 Å². The van der Waals surface area contributed by atoms with Crippen molar-refractivity contribution in [2.24, 2.45) is 11.8 Å². The molecule has 0 amide bonds. The Bertz CT molecular complexity index is 208. The molecule has 0 aliphatic heterocycles. The van der Waals surface area contributed by atoms with E-state index in [1.54, 1.807) is 0 Å². The van der Waals surface area contributed by atoms with Crippen molar-refractivity contribution in [3.8, 4) is 0 Å². The lowest BCUT2D eigenvalue weighted by Crippen LogP contribution is -2.36. The van der Waals surface area contributed by atoms with Crippen LogP contribution in [-0.4, -0.2) is 17.0 Å². The molecular weight excluding hydrogens is 152 g/mol. The lowest BCUT2D eigenvalue weighted by atomic mass is 9.77. The Labute approximate surface area is 73.3 Å². The number of ketones is 1. The Hall–Kier alpha value is -0.630. The summed E-state index contributed by atoms with van der Waals surface area (Å²) in [6.45, 7) is 7.53. The first-order valence-corrected chi connectivity index (χ1v) is 4.38. The van der Waals surface area contributed by atoms with Crippen LogP contribution in [0.1, 0.15) is 26.7 Å². The first-order valence-electron chi connectivity index (χ1n) is 4.38. The molecule has 1 N–H and O–H groups in total. The first-order chi connectivity index (χ1) is 5.52. The van der Waals surface area contributed by atoms with Gasteiger partial charge in [0.1, 0.15) is 5.78 Å². The lowest BCUT2D eigenvalue weighted by Gasteiger charge is -2.30. The van der Waals surface area contributed by atoms with Crippen molar-refractivity contribution in [2.45, 2.75) is 32.8 Å². The van der Waals surface area contributed by atoms with Crippen molar-refractivity contribution in [1.82, 2.24) is 0 Å². The molecule has 1 aliphatic rings. The Kier molecular flexibility index (Phi) is 2.68. The average molecular weight is 168 g/mol. The third-order valence-corrected chi connectivity index (χ3v) is 2.46. The van der Waals surface area contributed by atoms with Gasteiger partial charge in [-0.05, 0) is 19.3 Å². The van der Waals surface area contributed by atoms with Crippen LogP contribution in [0, 0.1) is 11.8 Å². The largest absolute Gasteiger partial charge is 0.392 e. The van der Waals surface area contributed by atoms with Crippen molar-refractivity contribution < 1.29 is 9.90 Å². The van der Waals surface area contributed by atoms with Gasteiger partial charge in [0.15, 0.2) is 0 Å². The number of carbonyl (C=O) groups excluding carboxylic acids is 1. The van der Waals surface area contributed by atoms with Crippen LogP contribution in [0.15, 0.2) is 12.2 Å². The molecule has 2 unspecified atom stereocenters. The molecule has 0 spiro atoms. The van der Waals surface area contributed by atoms with E-state index in [0.717, 1.165) is 12.0 Å². The van der Waals surface area contributed by atoms with Crippen molar-refractivity contribution >= 4 is 5.78 Å². The SMILES string of the molecule is C=C(C)C1C(=O)C[C@H](C)CC1O. The fourth-order valence-corrected chi connectivity index (χ4v) is 1.92. The zero-order chi connectivity index (χ0) is 9.30. The molecule has 0 aromatic carbocycles. The van der Waals surface area contributed by atoms with Gasteiger partial charge in [-0.3, -0.25) is 4.79 Å². The Morgan fingerprint density at radius 3 is 2.67 bits per heavy atom. The summed E-state index contributed by atoms with van der Waals surface area (Å²) in [6.07, 6.45) is 0.816. The van der Waals surface area contributed by atoms with Crippen LogP contribution >= 0.6 is 0 Å². The molecule has 1 rings (SSSR count).